The largest absolute Gasteiger partial charge is 0.393 e. The average Bonchev–Trinajstić information content (AvgIpc) is 2.27. The van der Waals surface area contributed by atoms with E-state index in [9.17, 15) is 9.90 Å². The summed E-state index contributed by atoms with van der Waals surface area (Å²) in [5.74, 6) is 0.983. The van der Waals surface area contributed by atoms with E-state index in [0.29, 0.717) is 6.54 Å². The summed E-state index contributed by atoms with van der Waals surface area (Å²) >= 11 is 0. The van der Waals surface area contributed by atoms with Crippen LogP contribution in [-0.2, 0) is 4.79 Å². The molecule has 0 spiro atoms. The Morgan fingerprint density at radius 1 is 1.47 bits per heavy atom. The Labute approximate surface area is 105 Å². The zero-order valence-electron chi connectivity index (χ0n) is 11.4. The Bertz CT molecular complexity index is 236. The molecule has 0 aromatic rings. The van der Waals surface area contributed by atoms with Crippen molar-refractivity contribution in [2.24, 2.45) is 5.92 Å². The van der Waals surface area contributed by atoms with E-state index < -0.39 is 0 Å². The van der Waals surface area contributed by atoms with E-state index in [1.54, 1.807) is 6.92 Å². The van der Waals surface area contributed by atoms with Crippen LogP contribution in [0, 0.1) is 5.92 Å². The monoisotopic (exact) mass is 242 g/mol. The lowest BCUT2D eigenvalue weighted by molar-refractivity contribution is -0.133. The zero-order chi connectivity index (χ0) is 12.8. The van der Waals surface area contributed by atoms with Crippen molar-refractivity contribution < 1.29 is 9.90 Å². The van der Waals surface area contributed by atoms with Crippen molar-refractivity contribution in [2.45, 2.75) is 39.2 Å². The van der Waals surface area contributed by atoms with Gasteiger partial charge in [0.25, 0.3) is 0 Å². The molecule has 0 saturated carbocycles. The predicted molar refractivity (Wildman–Crippen MR) is 68.8 cm³/mol. The van der Waals surface area contributed by atoms with Crippen molar-refractivity contribution in [3.8, 4) is 0 Å². The Morgan fingerprint density at radius 2 is 2.06 bits per heavy atom. The van der Waals surface area contributed by atoms with E-state index in [1.165, 1.54) is 0 Å². The fourth-order valence-corrected chi connectivity index (χ4v) is 2.08. The smallest absolute Gasteiger partial charge is 0.236 e. The fraction of sp³-hybridized carbons (Fsp3) is 0.923. The van der Waals surface area contributed by atoms with Crippen LogP contribution in [0.1, 0.15) is 33.1 Å². The zero-order valence-corrected chi connectivity index (χ0v) is 11.4. The third kappa shape index (κ3) is 5.50. The predicted octanol–water partition coefficient (Wildman–Crippen LogP) is 0.948. The molecule has 1 saturated heterocycles. The van der Waals surface area contributed by atoms with E-state index in [0.717, 1.165) is 44.8 Å². The molecular weight excluding hydrogens is 216 g/mol. The number of carbonyl (C=O) groups excluding carboxylic acids is 1. The standard InChI is InChI=1S/C13H26N2O2/c1-11-4-8-15(9-5-11)13(17)10-14(3)7-6-12(2)16/h11-12,16H,4-10H2,1-3H3. The van der Waals surface area contributed by atoms with Crippen molar-refractivity contribution >= 4 is 5.91 Å². The first-order valence-corrected chi connectivity index (χ1v) is 6.63. The molecule has 1 aliphatic rings. The highest BCUT2D eigenvalue weighted by Gasteiger charge is 2.20. The van der Waals surface area contributed by atoms with Crippen molar-refractivity contribution in [3.05, 3.63) is 0 Å². The molecule has 4 nitrogen and oxygen atoms in total. The van der Waals surface area contributed by atoms with Gasteiger partial charge in [-0.1, -0.05) is 6.92 Å². The lowest BCUT2D eigenvalue weighted by Crippen LogP contribution is -2.43. The van der Waals surface area contributed by atoms with Gasteiger partial charge in [0.1, 0.15) is 0 Å². The summed E-state index contributed by atoms with van der Waals surface area (Å²) in [6, 6.07) is 0. The molecule has 0 aromatic carbocycles. The number of likely N-dealkylation sites (N-methyl/N-ethyl adjacent to an activating group) is 1. The van der Waals surface area contributed by atoms with Gasteiger partial charge < -0.3 is 10.0 Å². The summed E-state index contributed by atoms with van der Waals surface area (Å²) in [6.07, 6.45) is 2.69. The number of carbonyl (C=O) groups is 1. The van der Waals surface area contributed by atoms with Crippen LogP contribution in [0.4, 0.5) is 0 Å². The van der Waals surface area contributed by atoms with Crippen molar-refractivity contribution in [3.63, 3.8) is 0 Å². The number of aliphatic hydroxyl groups is 1. The van der Waals surface area contributed by atoms with Gasteiger partial charge in [-0.15, -0.1) is 0 Å². The van der Waals surface area contributed by atoms with Crippen LogP contribution < -0.4 is 0 Å². The van der Waals surface area contributed by atoms with Gasteiger partial charge in [-0.05, 0) is 39.2 Å². The molecule has 1 atom stereocenters. The summed E-state index contributed by atoms with van der Waals surface area (Å²) in [6.45, 7) is 7.08. The lowest BCUT2D eigenvalue weighted by Gasteiger charge is -2.31. The number of hydrogen-bond acceptors (Lipinski definition) is 3. The Hall–Kier alpha value is -0.610. The van der Waals surface area contributed by atoms with E-state index in [1.807, 2.05) is 16.8 Å². The van der Waals surface area contributed by atoms with E-state index in [2.05, 4.69) is 6.92 Å². The molecule has 1 aliphatic heterocycles. The summed E-state index contributed by atoms with van der Waals surface area (Å²) in [7, 11) is 1.94. The molecule has 0 aromatic heterocycles. The van der Waals surface area contributed by atoms with Gasteiger partial charge >= 0.3 is 0 Å². The normalized spacial score (nSPS) is 19.7. The second-order valence-corrected chi connectivity index (χ2v) is 5.44. The third-order valence-corrected chi connectivity index (χ3v) is 3.47. The van der Waals surface area contributed by atoms with Gasteiger partial charge in [0.05, 0.1) is 12.6 Å². The highest BCUT2D eigenvalue weighted by molar-refractivity contribution is 5.78. The van der Waals surface area contributed by atoms with Gasteiger partial charge in [0.2, 0.25) is 5.91 Å². The van der Waals surface area contributed by atoms with Gasteiger partial charge in [-0.25, -0.2) is 0 Å². The first kappa shape index (κ1) is 14.5. The van der Waals surface area contributed by atoms with Crippen molar-refractivity contribution in [2.75, 3.05) is 33.2 Å². The van der Waals surface area contributed by atoms with E-state index >= 15 is 0 Å². The molecule has 1 rings (SSSR count). The molecule has 0 aliphatic carbocycles. The number of piperidine rings is 1. The van der Waals surface area contributed by atoms with Crippen LogP contribution in [0.5, 0.6) is 0 Å². The Kier molecular flexibility index (Phi) is 5.92. The lowest BCUT2D eigenvalue weighted by atomic mass is 9.99. The van der Waals surface area contributed by atoms with Gasteiger partial charge in [0.15, 0.2) is 0 Å². The SMILES string of the molecule is CC(O)CCN(C)CC(=O)N1CCC(C)CC1. The highest BCUT2D eigenvalue weighted by Crippen LogP contribution is 2.15. The molecule has 0 bridgehead atoms. The number of aliphatic hydroxyl groups excluding tert-OH is 1. The molecule has 0 radical (unpaired) electrons. The first-order valence-electron chi connectivity index (χ1n) is 6.63. The maximum atomic E-state index is 12.0. The maximum absolute atomic E-state index is 12.0. The molecule has 1 N–H and O–H groups in total. The Balaban J connectivity index is 2.23. The minimum atomic E-state index is -0.289. The summed E-state index contributed by atoms with van der Waals surface area (Å²) in [4.78, 5) is 15.9. The summed E-state index contributed by atoms with van der Waals surface area (Å²) in [5, 5.41) is 9.19. The second-order valence-electron chi connectivity index (χ2n) is 5.44. The van der Waals surface area contributed by atoms with Gasteiger partial charge in [-0.3, -0.25) is 9.69 Å². The van der Waals surface area contributed by atoms with Crippen LogP contribution in [0.2, 0.25) is 0 Å². The fourth-order valence-electron chi connectivity index (χ4n) is 2.08. The molecule has 4 heteroatoms. The van der Waals surface area contributed by atoms with Crippen LogP contribution in [-0.4, -0.2) is 60.1 Å². The van der Waals surface area contributed by atoms with Crippen LogP contribution in [0.25, 0.3) is 0 Å². The quantitative estimate of drug-likeness (QED) is 0.780. The molecule has 1 amide bonds. The second kappa shape index (κ2) is 6.97. The van der Waals surface area contributed by atoms with E-state index in [-0.39, 0.29) is 12.0 Å². The molecule has 1 unspecified atom stereocenters. The van der Waals surface area contributed by atoms with Gasteiger partial charge in [0, 0.05) is 19.6 Å². The number of rotatable bonds is 5. The number of nitrogens with zero attached hydrogens (tertiary/aromatic N) is 2. The maximum Gasteiger partial charge on any atom is 0.236 e. The van der Waals surface area contributed by atoms with Crippen LogP contribution in [0.15, 0.2) is 0 Å². The molecule has 1 fully saturated rings. The average molecular weight is 242 g/mol. The highest BCUT2D eigenvalue weighted by atomic mass is 16.3. The van der Waals surface area contributed by atoms with Crippen LogP contribution in [0.3, 0.4) is 0 Å². The number of hydrogen-bond donors (Lipinski definition) is 1. The van der Waals surface area contributed by atoms with Crippen LogP contribution >= 0.6 is 0 Å². The van der Waals surface area contributed by atoms with Crippen molar-refractivity contribution in [1.29, 1.82) is 0 Å². The molecule has 1 heterocycles. The number of amides is 1. The Morgan fingerprint density at radius 3 is 2.59 bits per heavy atom. The molecular formula is C13H26N2O2. The van der Waals surface area contributed by atoms with Crippen molar-refractivity contribution in [1.82, 2.24) is 9.80 Å². The molecule has 100 valence electrons. The summed E-state index contributed by atoms with van der Waals surface area (Å²) < 4.78 is 0. The third-order valence-electron chi connectivity index (χ3n) is 3.47. The minimum absolute atomic E-state index is 0.227. The first-order chi connectivity index (χ1) is 7.99. The minimum Gasteiger partial charge on any atom is -0.393 e. The van der Waals surface area contributed by atoms with Gasteiger partial charge in [-0.2, -0.15) is 0 Å². The number of likely N-dealkylation sites (tertiary alicyclic amines) is 1. The topological polar surface area (TPSA) is 43.8 Å². The summed E-state index contributed by atoms with van der Waals surface area (Å²) in [5.41, 5.74) is 0. The van der Waals surface area contributed by atoms with E-state index in [4.69, 9.17) is 0 Å². The molecule has 17 heavy (non-hydrogen) atoms.